The molecule has 0 bridgehead atoms. The van der Waals surface area contributed by atoms with Crippen LogP contribution in [0.25, 0.3) is 0 Å². The maximum atomic E-state index is 5.89. The quantitative estimate of drug-likeness (QED) is 0.823. The van der Waals surface area contributed by atoms with Gasteiger partial charge in [-0.05, 0) is 43.4 Å². The minimum atomic E-state index is 0.131. The second-order valence-electron chi connectivity index (χ2n) is 4.20. The molecule has 2 aromatic rings. The van der Waals surface area contributed by atoms with Gasteiger partial charge in [-0.2, -0.15) is 0 Å². The van der Waals surface area contributed by atoms with Gasteiger partial charge in [-0.1, -0.05) is 11.6 Å². The molecule has 2 rings (SSSR count). The lowest BCUT2D eigenvalue weighted by atomic mass is 10.2. The minimum Gasteiger partial charge on any atom is -0.495 e. The molecule has 0 aliphatic heterocycles. The lowest BCUT2D eigenvalue weighted by molar-refractivity contribution is 0.400. The van der Waals surface area contributed by atoms with E-state index in [-0.39, 0.29) is 6.04 Å². The van der Waals surface area contributed by atoms with Gasteiger partial charge in [-0.3, -0.25) is 4.98 Å². The first-order valence-corrected chi connectivity index (χ1v) is 7.65. The number of halogens is 1. The smallest absolute Gasteiger partial charge is 0.142 e. The molecule has 0 radical (unpaired) electrons. The molecule has 1 aromatic heterocycles. The Morgan fingerprint density at radius 1 is 1.30 bits per heavy atom. The van der Waals surface area contributed by atoms with Crippen molar-refractivity contribution in [1.29, 1.82) is 0 Å². The summed E-state index contributed by atoms with van der Waals surface area (Å²) < 4.78 is 5.37. The van der Waals surface area contributed by atoms with Crippen LogP contribution in [0.5, 0.6) is 5.75 Å². The second kappa shape index (κ2) is 7.53. The van der Waals surface area contributed by atoms with E-state index in [2.05, 4.69) is 10.3 Å². The number of benzene rings is 1. The number of pyridine rings is 1. The van der Waals surface area contributed by atoms with Crippen molar-refractivity contribution in [1.82, 2.24) is 10.3 Å². The van der Waals surface area contributed by atoms with E-state index < -0.39 is 0 Å². The van der Waals surface area contributed by atoms with Crippen LogP contribution in [-0.2, 0) is 0 Å². The van der Waals surface area contributed by atoms with Crippen LogP contribution in [0, 0.1) is 0 Å². The summed E-state index contributed by atoms with van der Waals surface area (Å²) in [7, 11) is 3.60. The van der Waals surface area contributed by atoms with Gasteiger partial charge in [-0.15, -0.1) is 11.8 Å². The normalized spacial score (nSPS) is 12.2. The molecule has 1 heterocycles. The van der Waals surface area contributed by atoms with E-state index in [0.717, 1.165) is 22.2 Å². The molecule has 0 fully saturated rings. The van der Waals surface area contributed by atoms with Crippen molar-refractivity contribution >= 4 is 23.4 Å². The van der Waals surface area contributed by atoms with Crippen molar-refractivity contribution < 1.29 is 4.74 Å². The average Bonchev–Trinajstić information content (AvgIpc) is 2.50. The molecule has 0 aliphatic carbocycles. The summed E-state index contributed by atoms with van der Waals surface area (Å²) in [5.74, 6) is 1.68. The lowest BCUT2D eigenvalue weighted by Gasteiger charge is -2.17. The molecule has 0 amide bonds. The standard InChI is InChI=1S/C15H17ClN2OS/c1-17-13(15-14(19-2)4-3-9-18-15)10-20-12-7-5-11(16)6-8-12/h3-9,13,17H,10H2,1-2H3. The molecule has 0 saturated carbocycles. The molecule has 0 aliphatic rings. The van der Waals surface area contributed by atoms with Crippen LogP contribution in [-0.4, -0.2) is 24.9 Å². The van der Waals surface area contributed by atoms with Gasteiger partial charge in [0.05, 0.1) is 18.8 Å². The maximum Gasteiger partial charge on any atom is 0.142 e. The summed E-state index contributed by atoms with van der Waals surface area (Å²) in [6.07, 6.45) is 1.79. The third-order valence-corrected chi connectivity index (χ3v) is 4.29. The molecular weight excluding hydrogens is 292 g/mol. The third kappa shape index (κ3) is 3.88. The Bertz CT molecular complexity index is 548. The zero-order valence-corrected chi connectivity index (χ0v) is 13.0. The van der Waals surface area contributed by atoms with Crippen LogP contribution in [0.4, 0.5) is 0 Å². The predicted octanol–water partition coefficient (Wildman–Crippen LogP) is 3.80. The second-order valence-corrected chi connectivity index (χ2v) is 5.73. The van der Waals surface area contributed by atoms with Crippen LogP contribution in [0.3, 0.4) is 0 Å². The largest absolute Gasteiger partial charge is 0.495 e. The summed E-state index contributed by atoms with van der Waals surface area (Å²) in [4.78, 5) is 5.61. The molecule has 3 nitrogen and oxygen atoms in total. The summed E-state index contributed by atoms with van der Waals surface area (Å²) in [5, 5.41) is 4.04. The molecule has 1 N–H and O–H groups in total. The highest BCUT2D eigenvalue weighted by Crippen LogP contribution is 2.28. The third-order valence-electron chi connectivity index (χ3n) is 2.93. The first-order valence-electron chi connectivity index (χ1n) is 6.29. The Labute approximate surface area is 128 Å². The van der Waals surface area contributed by atoms with Crippen molar-refractivity contribution in [3.8, 4) is 5.75 Å². The van der Waals surface area contributed by atoms with E-state index in [1.54, 1.807) is 25.1 Å². The number of aromatic nitrogens is 1. The zero-order valence-electron chi connectivity index (χ0n) is 11.5. The van der Waals surface area contributed by atoms with Gasteiger partial charge >= 0.3 is 0 Å². The fourth-order valence-electron chi connectivity index (χ4n) is 1.85. The summed E-state index contributed by atoms with van der Waals surface area (Å²) in [6.45, 7) is 0. The van der Waals surface area contributed by atoms with Crippen molar-refractivity contribution in [2.45, 2.75) is 10.9 Å². The van der Waals surface area contributed by atoms with Gasteiger partial charge < -0.3 is 10.1 Å². The van der Waals surface area contributed by atoms with Gasteiger partial charge in [0.1, 0.15) is 5.75 Å². The molecular formula is C15H17ClN2OS. The van der Waals surface area contributed by atoms with Crippen LogP contribution in [0.15, 0.2) is 47.5 Å². The van der Waals surface area contributed by atoms with Crippen LogP contribution < -0.4 is 10.1 Å². The molecule has 0 saturated heterocycles. The van der Waals surface area contributed by atoms with Gasteiger partial charge in [0, 0.05) is 21.9 Å². The Morgan fingerprint density at radius 3 is 2.70 bits per heavy atom. The number of methoxy groups -OCH3 is 1. The van der Waals surface area contributed by atoms with Crippen LogP contribution in [0.1, 0.15) is 11.7 Å². The summed E-state index contributed by atoms with van der Waals surface area (Å²) in [5.41, 5.74) is 0.930. The minimum absolute atomic E-state index is 0.131. The topological polar surface area (TPSA) is 34.2 Å². The maximum absolute atomic E-state index is 5.89. The van der Waals surface area contributed by atoms with E-state index in [0.29, 0.717) is 0 Å². The van der Waals surface area contributed by atoms with E-state index in [9.17, 15) is 0 Å². The van der Waals surface area contributed by atoms with E-state index >= 15 is 0 Å². The Morgan fingerprint density at radius 2 is 2.05 bits per heavy atom. The van der Waals surface area contributed by atoms with Gasteiger partial charge in [0.25, 0.3) is 0 Å². The monoisotopic (exact) mass is 308 g/mol. The van der Waals surface area contributed by atoms with Gasteiger partial charge in [0.2, 0.25) is 0 Å². The first kappa shape index (κ1) is 15.2. The van der Waals surface area contributed by atoms with E-state index in [4.69, 9.17) is 16.3 Å². The predicted molar refractivity (Wildman–Crippen MR) is 84.8 cm³/mol. The molecule has 1 aromatic carbocycles. The fourth-order valence-corrected chi connectivity index (χ4v) is 2.98. The number of hydrogen-bond acceptors (Lipinski definition) is 4. The highest BCUT2D eigenvalue weighted by atomic mass is 35.5. The number of thioether (sulfide) groups is 1. The fraction of sp³-hybridized carbons (Fsp3) is 0.267. The highest BCUT2D eigenvalue weighted by molar-refractivity contribution is 7.99. The van der Waals surface area contributed by atoms with Crippen molar-refractivity contribution in [3.63, 3.8) is 0 Å². The summed E-state index contributed by atoms with van der Waals surface area (Å²) in [6, 6.07) is 11.8. The number of nitrogens with zero attached hydrogens (tertiary/aromatic N) is 1. The number of ether oxygens (including phenoxy) is 1. The van der Waals surface area contributed by atoms with Gasteiger partial charge in [-0.25, -0.2) is 0 Å². The highest BCUT2D eigenvalue weighted by Gasteiger charge is 2.15. The van der Waals surface area contributed by atoms with E-state index in [1.807, 2.05) is 43.4 Å². The average molecular weight is 309 g/mol. The molecule has 106 valence electrons. The number of rotatable bonds is 6. The summed E-state index contributed by atoms with van der Waals surface area (Å²) >= 11 is 7.65. The van der Waals surface area contributed by atoms with Crippen molar-refractivity contribution in [3.05, 3.63) is 53.3 Å². The Hall–Kier alpha value is -1.23. The van der Waals surface area contributed by atoms with Gasteiger partial charge in [0.15, 0.2) is 0 Å². The lowest BCUT2D eigenvalue weighted by Crippen LogP contribution is -2.20. The Balaban J connectivity index is 2.07. The van der Waals surface area contributed by atoms with E-state index in [1.165, 1.54) is 4.90 Å². The Kier molecular flexibility index (Phi) is 5.71. The number of nitrogens with one attached hydrogen (secondary N) is 1. The van der Waals surface area contributed by atoms with Crippen molar-refractivity contribution in [2.24, 2.45) is 0 Å². The SMILES string of the molecule is CNC(CSc1ccc(Cl)cc1)c1ncccc1OC. The van der Waals surface area contributed by atoms with Crippen molar-refractivity contribution in [2.75, 3.05) is 19.9 Å². The molecule has 1 atom stereocenters. The first-order chi connectivity index (χ1) is 9.74. The molecule has 20 heavy (non-hydrogen) atoms. The molecule has 5 heteroatoms. The van der Waals surface area contributed by atoms with Crippen LogP contribution >= 0.6 is 23.4 Å². The zero-order chi connectivity index (χ0) is 14.4. The molecule has 0 spiro atoms. The van der Waals surface area contributed by atoms with Crippen LogP contribution in [0.2, 0.25) is 5.02 Å². The number of hydrogen-bond donors (Lipinski definition) is 1. The molecule has 1 unspecified atom stereocenters.